The summed E-state index contributed by atoms with van der Waals surface area (Å²) in [5, 5.41) is 12.6. The van der Waals surface area contributed by atoms with Crippen LogP contribution in [0, 0.1) is 0 Å². The lowest BCUT2D eigenvalue weighted by molar-refractivity contribution is 0.178. The second-order valence-electron chi connectivity index (χ2n) is 3.93. The van der Waals surface area contributed by atoms with Gasteiger partial charge in [0.05, 0.1) is 5.69 Å². The molecule has 1 aromatic carbocycles. The number of phenols is 1. The van der Waals surface area contributed by atoms with Crippen LogP contribution >= 0.6 is 0 Å². The van der Waals surface area contributed by atoms with Gasteiger partial charge in [-0.2, -0.15) is 0 Å². The number of benzene rings is 1. The third-order valence-corrected chi connectivity index (χ3v) is 2.73. The van der Waals surface area contributed by atoms with Gasteiger partial charge in [-0.1, -0.05) is 12.1 Å². The topological polar surface area (TPSA) is 32.3 Å². The monoisotopic (exact) mass is 195 g/mol. The molecule has 1 aliphatic heterocycles. The first kappa shape index (κ1) is 9.31. The number of anilines is 1. The van der Waals surface area contributed by atoms with E-state index in [1.807, 2.05) is 0 Å². The van der Waals surface area contributed by atoms with E-state index < -0.39 is 5.67 Å². The van der Waals surface area contributed by atoms with Gasteiger partial charge >= 0.3 is 0 Å². The minimum atomic E-state index is -1.34. The molecule has 2 N–H and O–H groups in total. The van der Waals surface area contributed by atoms with Crippen molar-refractivity contribution in [1.29, 1.82) is 0 Å². The van der Waals surface area contributed by atoms with Crippen LogP contribution in [0.1, 0.15) is 25.3 Å². The summed E-state index contributed by atoms with van der Waals surface area (Å²) in [5.74, 6) is 0.133. The maximum absolute atomic E-state index is 14.2. The highest BCUT2D eigenvalue weighted by Gasteiger charge is 2.31. The molecule has 0 fully saturated rings. The molecule has 2 nitrogen and oxygen atoms in total. The number of alkyl halides is 1. The van der Waals surface area contributed by atoms with Crippen LogP contribution < -0.4 is 5.32 Å². The van der Waals surface area contributed by atoms with Gasteiger partial charge in [-0.15, -0.1) is 0 Å². The first-order valence-corrected chi connectivity index (χ1v) is 4.86. The van der Waals surface area contributed by atoms with Crippen molar-refractivity contribution in [2.24, 2.45) is 0 Å². The van der Waals surface area contributed by atoms with Crippen LogP contribution in [-0.2, 0) is 5.67 Å². The van der Waals surface area contributed by atoms with E-state index >= 15 is 0 Å². The van der Waals surface area contributed by atoms with Gasteiger partial charge in [-0.25, -0.2) is 4.39 Å². The molecule has 0 saturated carbocycles. The Morgan fingerprint density at radius 3 is 3.07 bits per heavy atom. The van der Waals surface area contributed by atoms with Gasteiger partial charge in [0.2, 0.25) is 0 Å². The van der Waals surface area contributed by atoms with Gasteiger partial charge in [0, 0.05) is 12.1 Å². The van der Waals surface area contributed by atoms with Crippen LogP contribution in [0.25, 0.3) is 0 Å². The highest BCUT2D eigenvalue weighted by molar-refractivity contribution is 5.63. The van der Waals surface area contributed by atoms with Crippen molar-refractivity contribution in [3.05, 3.63) is 23.8 Å². The highest BCUT2D eigenvalue weighted by Crippen LogP contribution is 2.41. The van der Waals surface area contributed by atoms with Crippen LogP contribution in [0.4, 0.5) is 10.1 Å². The molecule has 14 heavy (non-hydrogen) atoms. The summed E-state index contributed by atoms with van der Waals surface area (Å²) < 4.78 is 14.2. The van der Waals surface area contributed by atoms with Gasteiger partial charge in [-0.3, -0.25) is 0 Å². The molecule has 0 radical (unpaired) electrons. The maximum Gasteiger partial charge on any atom is 0.139 e. The largest absolute Gasteiger partial charge is 0.506 e. The van der Waals surface area contributed by atoms with Crippen molar-refractivity contribution in [3.63, 3.8) is 0 Å². The van der Waals surface area contributed by atoms with Gasteiger partial charge < -0.3 is 10.4 Å². The van der Waals surface area contributed by atoms with Gasteiger partial charge in [0.15, 0.2) is 0 Å². The average molecular weight is 195 g/mol. The Morgan fingerprint density at radius 2 is 2.29 bits per heavy atom. The maximum atomic E-state index is 14.2. The van der Waals surface area contributed by atoms with E-state index in [2.05, 4.69) is 5.32 Å². The van der Waals surface area contributed by atoms with Gasteiger partial charge in [-0.05, 0) is 25.8 Å². The van der Waals surface area contributed by atoms with Crippen molar-refractivity contribution < 1.29 is 9.50 Å². The fourth-order valence-corrected chi connectivity index (χ4v) is 1.93. The Bertz CT molecular complexity index is 349. The molecule has 0 aromatic heterocycles. The fourth-order valence-electron chi connectivity index (χ4n) is 1.93. The Balaban J connectivity index is 2.56. The van der Waals surface area contributed by atoms with Crippen LogP contribution in [0.3, 0.4) is 0 Å². The zero-order chi connectivity index (χ0) is 10.2. The minimum absolute atomic E-state index is 0.133. The summed E-state index contributed by atoms with van der Waals surface area (Å²) in [6.07, 6.45) is 1.28. The number of fused-ring (bicyclic) bond motifs is 1. The zero-order valence-corrected chi connectivity index (χ0v) is 8.18. The average Bonchev–Trinajstić information content (AvgIpc) is 2.27. The standard InChI is InChI=1S/C11H14FNO/c1-11(12)6-3-7-13-10-8(11)4-2-5-9(10)14/h2,4-5,13-14H,3,6-7H2,1H3. The second-order valence-corrected chi connectivity index (χ2v) is 3.93. The molecule has 0 spiro atoms. The molecular formula is C11H14FNO. The third kappa shape index (κ3) is 1.43. The molecule has 3 heteroatoms. The number of rotatable bonds is 0. The zero-order valence-electron chi connectivity index (χ0n) is 8.18. The molecule has 0 aliphatic carbocycles. The van der Waals surface area contributed by atoms with Crippen LogP contribution in [-0.4, -0.2) is 11.7 Å². The SMILES string of the molecule is CC1(F)CCCNc2c(O)cccc21. The molecule has 0 saturated heterocycles. The summed E-state index contributed by atoms with van der Waals surface area (Å²) >= 11 is 0. The summed E-state index contributed by atoms with van der Waals surface area (Å²) in [6.45, 7) is 2.28. The van der Waals surface area contributed by atoms with E-state index in [0.717, 1.165) is 6.42 Å². The summed E-state index contributed by atoms with van der Waals surface area (Å²) in [5.41, 5.74) is -0.220. The van der Waals surface area contributed by atoms with Gasteiger partial charge in [0.25, 0.3) is 0 Å². The fraction of sp³-hybridized carbons (Fsp3) is 0.455. The molecule has 1 aromatic rings. The lowest BCUT2D eigenvalue weighted by Gasteiger charge is -2.20. The van der Waals surface area contributed by atoms with E-state index in [0.29, 0.717) is 24.2 Å². The quantitative estimate of drug-likeness (QED) is 0.624. The lowest BCUT2D eigenvalue weighted by atomic mass is 9.93. The van der Waals surface area contributed by atoms with E-state index in [1.165, 1.54) is 0 Å². The number of nitrogens with one attached hydrogen (secondary N) is 1. The van der Waals surface area contributed by atoms with E-state index in [4.69, 9.17) is 0 Å². The predicted octanol–water partition coefficient (Wildman–Crippen LogP) is 2.78. The molecule has 76 valence electrons. The number of para-hydroxylation sites is 1. The Labute approximate surface area is 82.8 Å². The summed E-state index contributed by atoms with van der Waals surface area (Å²) in [4.78, 5) is 0. The summed E-state index contributed by atoms with van der Waals surface area (Å²) in [7, 11) is 0. The minimum Gasteiger partial charge on any atom is -0.506 e. The molecule has 0 bridgehead atoms. The molecular weight excluding hydrogens is 181 g/mol. The van der Waals surface area contributed by atoms with E-state index in [1.54, 1.807) is 25.1 Å². The number of phenolic OH excluding ortho intramolecular Hbond substituents is 1. The lowest BCUT2D eigenvalue weighted by Crippen LogP contribution is -2.14. The van der Waals surface area contributed by atoms with Crippen LogP contribution in [0.2, 0.25) is 0 Å². The highest BCUT2D eigenvalue weighted by atomic mass is 19.1. The van der Waals surface area contributed by atoms with Crippen LogP contribution in [0.15, 0.2) is 18.2 Å². The molecule has 2 rings (SSSR count). The number of halogens is 1. The second kappa shape index (κ2) is 3.15. The normalized spacial score (nSPS) is 26.1. The number of hydrogen-bond acceptors (Lipinski definition) is 2. The summed E-state index contributed by atoms with van der Waals surface area (Å²) in [6, 6.07) is 4.99. The Kier molecular flexibility index (Phi) is 2.10. The first-order valence-electron chi connectivity index (χ1n) is 4.86. The third-order valence-electron chi connectivity index (χ3n) is 2.73. The van der Waals surface area contributed by atoms with Crippen molar-refractivity contribution >= 4 is 5.69 Å². The van der Waals surface area contributed by atoms with Crippen molar-refractivity contribution in [2.75, 3.05) is 11.9 Å². The molecule has 1 heterocycles. The van der Waals surface area contributed by atoms with E-state index in [-0.39, 0.29) is 5.75 Å². The molecule has 1 aliphatic rings. The van der Waals surface area contributed by atoms with Gasteiger partial charge in [0.1, 0.15) is 11.4 Å². The molecule has 1 atom stereocenters. The van der Waals surface area contributed by atoms with Crippen molar-refractivity contribution in [1.82, 2.24) is 0 Å². The smallest absolute Gasteiger partial charge is 0.139 e. The van der Waals surface area contributed by atoms with E-state index in [9.17, 15) is 9.50 Å². The Morgan fingerprint density at radius 1 is 1.50 bits per heavy atom. The van der Waals surface area contributed by atoms with Crippen molar-refractivity contribution in [2.45, 2.75) is 25.4 Å². The molecule has 1 unspecified atom stereocenters. The van der Waals surface area contributed by atoms with Crippen LogP contribution in [0.5, 0.6) is 5.75 Å². The molecule has 0 amide bonds. The predicted molar refractivity (Wildman–Crippen MR) is 54.3 cm³/mol. The first-order chi connectivity index (χ1) is 6.61. The van der Waals surface area contributed by atoms with Crippen molar-refractivity contribution in [3.8, 4) is 5.75 Å². The number of aromatic hydroxyl groups is 1. The Hall–Kier alpha value is -1.25. The number of hydrogen-bond donors (Lipinski definition) is 2.